The van der Waals surface area contributed by atoms with Crippen molar-refractivity contribution in [2.24, 2.45) is 23.3 Å². The Kier molecular flexibility index (Phi) is 17.8. The number of oxazole rings is 2. The van der Waals surface area contributed by atoms with Gasteiger partial charge in [0.1, 0.15) is 11.5 Å². The van der Waals surface area contributed by atoms with Crippen LogP contribution in [0.3, 0.4) is 0 Å². The maximum Gasteiger partial charge on any atom is 0.270 e. The summed E-state index contributed by atoms with van der Waals surface area (Å²) in [5.41, 5.74) is 16.0. The van der Waals surface area contributed by atoms with Crippen molar-refractivity contribution in [3.8, 4) is 0 Å². The van der Waals surface area contributed by atoms with Crippen LogP contribution in [0.1, 0.15) is 177 Å². The minimum atomic E-state index is -0.643. The van der Waals surface area contributed by atoms with Gasteiger partial charge in [0.05, 0.1) is 6.61 Å². The van der Waals surface area contributed by atoms with Crippen molar-refractivity contribution in [3.05, 3.63) is 70.6 Å². The molecule has 3 aromatic rings. The molecule has 0 aliphatic heterocycles. The largest absolute Gasteiger partial charge is 0.445 e. The molecule has 0 spiro atoms. The maximum absolute atomic E-state index is 12.5. The molecule has 2 aliphatic carbocycles. The van der Waals surface area contributed by atoms with Crippen LogP contribution in [-0.4, -0.2) is 38.8 Å². The zero-order chi connectivity index (χ0) is 39.6. The van der Waals surface area contributed by atoms with Gasteiger partial charge in [-0.3, -0.25) is 29.2 Å². The second-order valence-corrected chi connectivity index (χ2v) is 15.1. The van der Waals surface area contributed by atoms with E-state index in [4.69, 9.17) is 30.3 Å². The van der Waals surface area contributed by atoms with Gasteiger partial charge in [-0.05, 0) is 44.1 Å². The predicted octanol–water partition coefficient (Wildman–Crippen LogP) is 7.37. The maximum atomic E-state index is 12.5. The third-order valence-electron chi connectivity index (χ3n) is 10.8. The summed E-state index contributed by atoms with van der Waals surface area (Å²) < 4.78 is 11.3. The average Bonchev–Trinajstić information content (AvgIpc) is 3.78. The van der Waals surface area contributed by atoms with Crippen molar-refractivity contribution in [2.75, 3.05) is 0 Å². The topological polar surface area (TPSA) is 226 Å². The molecule has 2 saturated carbocycles. The van der Waals surface area contributed by atoms with Crippen LogP contribution in [0.15, 0.2) is 39.2 Å². The van der Waals surface area contributed by atoms with E-state index in [1.165, 1.54) is 64.2 Å². The van der Waals surface area contributed by atoms with Gasteiger partial charge in [0.25, 0.3) is 11.8 Å². The van der Waals surface area contributed by atoms with E-state index in [1.807, 2.05) is 30.3 Å². The standard InChI is InChI=1S/C24H33N3O4.C17H27N3O4/c1-17-22(23(25)29)26-24(31-17)20(14-8-13-18-9-4-2-5-10-18)15-21(28)27-30-16-19-11-6-3-7-12-19;1-11-15(16(18)22)19-17(24-11)13(10-14(21)20-23)9-5-8-12-6-3-2-4-7-12/h3,6-7,11-12,18,20H,2,4-5,8-10,13-16H2,1H3,(H2,25,29)(H,27,28);12-13,23H,2-10H2,1H3,(H2,18,22)(H,20,21)/t20-;13-/m11/s1. The molecule has 55 heavy (non-hydrogen) atoms. The van der Waals surface area contributed by atoms with Crippen LogP contribution in [0.4, 0.5) is 0 Å². The molecule has 2 heterocycles. The zero-order valence-electron chi connectivity index (χ0n) is 32.5. The van der Waals surface area contributed by atoms with Crippen LogP contribution in [-0.2, 0) is 21.0 Å². The summed E-state index contributed by atoms with van der Waals surface area (Å²) in [6.07, 6.45) is 19.0. The molecule has 1 aromatic carbocycles. The second kappa shape index (κ2) is 22.7. The lowest BCUT2D eigenvalue weighted by Gasteiger charge is -2.22. The Morgan fingerprint density at radius 3 is 1.62 bits per heavy atom. The van der Waals surface area contributed by atoms with Crippen molar-refractivity contribution in [1.29, 1.82) is 0 Å². The number of aryl methyl sites for hydroxylation is 2. The number of amides is 4. The number of nitrogens with two attached hydrogens (primary N) is 2. The Bertz CT molecular complexity index is 1650. The number of nitrogens with one attached hydrogen (secondary N) is 2. The Balaban J connectivity index is 0.000000253. The fraction of sp³-hybridized carbons (Fsp3) is 0.610. The molecule has 2 fully saturated rings. The fourth-order valence-electron chi connectivity index (χ4n) is 7.83. The quantitative estimate of drug-likeness (QED) is 0.0602. The Labute approximate surface area is 323 Å². The molecule has 302 valence electrons. The van der Waals surface area contributed by atoms with Gasteiger partial charge in [-0.25, -0.2) is 20.9 Å². The molecular weight excluding hydrogens is 704 g/mol. The van der Waals surface area contributed by atoms with Gasteiger partial charge in [0.15, 0.2) is 23.2 Å². The highest BCUT2D eigenvalue weighted by Crippen LogP contribution is 2.33. The summed E-state index contributed by atoms with van der Waals surface area (Å²) in [6.45, 7) is 3.59. The molecule has 0 saturated heterocycles. The third-order valence-corrected chi connectivity index (χ3v) is 10.8. The SMILES string of the molecule is Cc1oc([C@H](CCCC2CCCCC2)CC(=O)NO)nc1C(N)=O.Cc1oc([C@H](CCCC2CCCCC2)CC(=O)NOCc2ccccc2)nc1C(N)=O. The zero-order valence-corrected chi connectivity index (χ0v) is 32.5. The lowest BCUT2D eigenvalue weighted by atomic mass is 9.84. The number of hydrogen-bond donors (Lipinski definition) is 5. The van der Waals surface area contributed by atoms with Crippen molar-refractivity contribution in [3.63, 3.8) is 0 Å². The fourth-order valence-corrected chi connectivity index (χ4v) is 7.83. The van der Waals surface area contributed by atoms with E-state index in [2.05, 4.69) is 15.4 Å². The first-order chi connectivity index (χ1) is 26.5. The Morgan fingerprint density at radius 2 is 1.20 bits per heavy atom. The minimum Gasteiger partial charge on any atom is -0.445 e. The number of hydrogen-bond acceptors (Lipinski definition) is 10. The lowest BCUT2D eigenvalue weighted by Crippen LogP contribution is -2.25. The normalized spacial score (nSPS) is 16.1. The van der Waals surface area contributed by atoms with Crippen molar-refractivity contribution in [2.45, 2.75) is 148 Å². The monoisotopic (exact) mass is 764 g/mol. The molecule has 2 atom stereocenters. The van der Waals surface area contributed by atoms with Crippen LogP contribution in [0.2, 0.25) is 0 Å². The number of aromatic nitrogens is 2. The number of primary amides is 2. The highest BCUT2D eigenvalue weighted by Gasteiger charge is 2.27. The van der Waals surface area contributed by atoms with E-state index < -0.39 is 17.7 Å². The Hall–Kier alpha value is -4.56. The van der Waals surface area contributed by atoms with Crippen LogP contribution < -0.4 is 22.4 Å². The predicted molar refractivity (Wildman–Crippen MR) is 204 cm³/mol. The summed E-state index contributed by atoms with van der Waals surface area (Å²) in [5.74, 6) is 0.525. The van der Waals surface area contributed by atoms with Gasteiger partial charge in [-0.15, -0.1) is 0 Å². The smallest absolute Gasteiger partial charge is 0.270 e. The van der Waals surface area contributed by atoms with Crippen molar-refractivity contribution < 1.29 is 38.1 Å². The van der Waals surface area contributed by atoms with Gasteiger partial charge in [0, 0.05) is 24.7 Å². The number of benzene rings is 1. The molecule has 14 heteroatoms. The highest BCUT2D eigenvalue weighted by atomic mass is 16.6. The van der Waals surface area contributed by atoms with Crippen molar-refractivity contribution in [1.82, 2.24) is 20.9 Å². The van der Waals surface area contributed by atoms with E-state index in [0.29, 0.717) is 29.9 Å². The first-order valence-electron chi connectivity index (χ1n) is 20.0. The summed E-state index contributed by atoms with van der Waals surface area (Å²) >= 11 is 0. The summed E-state index contributed by atoms with van der Waals surface area (Å²) in [4.78, 5) is 60.8. The van der Waals surface area contributed by atoms with Gasteiger partial charge in [-0.2, -0.15) is 0 Å². The van der Waals surface area contributed by atoms with E-state index >= 15 is 0 Å². The first kappa shape index (κ1) is 43.2. The van der Waals surface area contributed by atoms with E-state index in [1.54, 1.807) is 19.3 Å². The van der Waals surface area contributed by atoms with Gasteiger partial charge >= 0.3 is 0 Å². The van der Waals surface area contributed by atoms with E-state index in [9.17, 15) is 19.2 Å². The molecule has 4 amide bonds. The number of carbonyl (C=O) groups excluding carboxylic acids is 4. The number of hydroxylamine groups is 2. The summed E-state index contributed by atoms with van der Waals surface area (Å²) in [5, 5.41) is 8.78. The number of nitrogens with zero attached hydrogens (tertiary/aromatic N) is 2. The minimum absolute atomic E-state index is 0.0688. The Morgan fingerprint density at radius 1 is 0.745 bits per heavy atom. The number of carbonyl (C=O) groups is 4. The first-order valence-corrected chi connectivity index (χ1v) is 20.0. The second-order valence-electron chi connectivity index (χ2n) is 15.1. The molecule has 5 rings (SSSR count). The van der Waals surface area contributed by atoms with Crippen LogP contribution in [0.5, 0.6) is 0 Å². The molecule has 0 unspecified atom stereocenters. The van der Waals surface area contributed by atoms with E-state index in [-0.39, 0.29) is 42.0 Å². The molecule has 7 N–H and O–H groups in total. The number of rotatable bonds is 19. The van der Waals surface area contributed by atoms with Crippen LogP contribution >= 0.6 is 0 Å². The third kappa shape index (κ3) is 14.6. The van der Waals surface area contributed by atoms with Gasteiger partial charge in [0.2, 0.25) is 11.8 Å². The van der Waals surface area contributed by atoms with Crippen LogP contribution in [0.25, 0.3) is 0 Å². The van der Waals surface area contributed by atoms with Gasteiger partial charge < -0.3 is 20.3 Å². The molecule has 14 nitrogen and oxygen atoms in total. The lowest BCUT2D eigenvalue weighted by molar-refractivity contribution is -0.135. The van der Waals surface area contributed by atoms with Crippen LogP contribution in [0, 0.1) is 25.7 Å². The molecule has 2 aliphatic rings. The summed E-state index contributed by atoms with van der Waals surface area (Å²) in [7, 11) is 0. The van der Waals surface area contributed by atoms with E-state index in [0.717, 1.165) is 55.9 Å². The highest BCUT2D eigenvalue weighted by molar-refractivity contribution is 5.92. The summed E-state index contributed by atoms with van der Waals surface area (Å²) in [6, 6.07) is 9.63. The molecule has 0 radical (unpaired) electrons. The average molecular weight is 765 g/mol. The molecular formula is C41H60N6O8. The molecule has 2 aromatic heterocycles. The molecule has 0 bridgehead atoms. The van der Waals surface area contributed by atoms with Gasteiger partial charge in [-0.1, -0.05) is 120 Å². The van der Waals surface area contributed by atoms with Crippen molar-refractivity contribution >= 4 is 23.6 Å².